The van der Waals surface area contributed by atoms with Gasteiger partial charge in [-0.05, 0) is 6.42 Å². The Morgan fingerprint density at radius 1 is 1.47 bits per heavy atom. The zero-order valence-corrected chi connectivity index (χ0v) is 9.63. The fourth-order valence-corrected chi connectivity index (χ4v) is 2.43. The molecule has 1 fully saturated rings. The predicted molar refractivity (Wildman–Crippen MR) is 60.3 cm³/mol. The predicted octanol–water partition coefficient (Wildman–Crippen LogP) is 1.10. The smallest absolute Gasteiger partial charge is 0.203 e. The molecule has 0 saturated carbocycles. The molecule has 3 heterocycles. The van der Waals surface area contributed by atoms with Gasteiger partial charge in [0.05, 0.1) is 0 Å². The summed E-state index contributed by atoms with van der Waals surface area (Å²) < 4.78 is 1.89. The zero-order valence-electron chi connectivity index (χ0n) is 8.04. The molecule has 1 aliphatic rings. The van der Waals surface area contributed by atoms with Crippen LogP contribution in [0.2, 0.25) is 0 Å². The van der Waals surface area contributed by atoms with E-state index in [2.05, 4.69) is 36.0 Å². The Bertz CT molecular complexity index is 482. The first kappa shape index (κ1) is 9.08. The van der Waals surface area contributed by atoms with Gasteiger partial charge < -0.3 is 4.90 Å². The van der Waals surface area contributed by atoms with Crippen molar-refractivity contribution in [1.29, 1.82) is 0 Å². The van der Waals surface area contributed by atoms with E-state index in [1.54, 1.807) is 12.5 Å². The van der Waals surface area contributed by atoms with E-state index in [-0.39, 0.29) is 0 Å². The van der Waals surface area contributed by atoms with Crippen molar-refractivity contribution in [2.45, 2.75) is 11.2 Å². The summed E-state index contributed by atoms with van der Waals surface area (Å²) in [5.74, 6) is 0.928. The zero-order chi connectivity index (χ0) is 10.3. The lowest BCUT2D eigenvalue weighted by Crippen LogP contribution is -2.21. The van der Waals surface area contributed by atoms with E-state index in [4.69, 9.17) is 0 Å². The van der Waals surface area contributed by atoms with Crippen LogP contribution in [-0.4, -0.2) is 37.5 Å². The number of halogens is 1. The van der Waals surface area contributed by atoms with Gasteiger partial charge in [-0.15, -0.1) is 10.2 Å². The van der Waals surface area contributed by atoms with Crippen molar-refractivity contribution in [2.24, 2.45) is 0 Å². The lowest BCUT2D eigenvalue weighted by molar-refractivity contribution is 0.928. The van der Waals surface area contributed by atoms with Gasteiger partial charge in [0.2, 0.25) is 5.65 Å². The SMILES string of the molecule is BrC1CCN(c2nccn3cnnc23)C1. The minimum atomic E-state index is 0.558. The molecule has 1 unspecified atom stereocenters. The monoisotopic (exact) mass is 267 g/mol. The van der Waals surface area contributed by atoms with Gasteiger partial charge >= 0.3 is 0 Å². The van der Waals surface area contributed by atoms with Gasteiger partial charge in [0.15, 0.2) is 5.82 Å². The van der Waals surface area contributed by atoms with Gasteiger partial charge in [0.1, 0.15) is 6.33 Å². The van der Waals surface area contributed by atoms with Crippen LogP contribution in [0.5, 0.6) is 0 Å². The largest absolute Gasteiger partial charge is 0.352 e. The van der Waals surface area contributed by atoms with Crippen molar-refractivity contribution >= 4 is 27.4 Å². The molecule has 0 amide bonds. The van der Waals surface area contributed by atoms with Crippen LogP contribution in [-0.2, 0) is 0 Å². The number of nitrogens with zero attached hydrogens (tertiary/aromatic N) is 5. The molecule has 0 aliphatic carbocycles. The molecule has 0 aromatic carbocycles. The molecule has 5 nitrogen and oxygen atoms in total. The van der Waals surface area contributed by atoms with Gasteiger partial charge in [0, 0.05) is 30.3 Å². The highest BCUT2D eigenvalue weighted by molar-refractivity contribution is 9.09. The van der Waals surface area contributed by atoms with Crippen LogP contribution in [0.4, 0.5) is 5.82 Å². The van der Waals surface area contributed by atoms with E-state index in [9.17, 15) is 0 Å². The Hall–Kier alpha value is -1.17. The summed E-state index contributed by atoms with van der Waals surface area (Å²) in [5.41, 5.74) is 0.833. The molecule has 0 N–H and O–H groups in total. The topological polar surface area (TPSA) is 46.3 Å². The molecular formula is C9H10BrN5. The fourth-order valence-electron chi connectivity index (χ4n) is 1.88. The number of hydrogen-bond donors (Lipinski definition) is 0. The highest BCUT2D eigenvalue weighted by Gasteiger charge is 2.23. The molecule has 15 heavy (non-hydrogen) atoms. The van der Waals surface area contributed by atoms with E-state index >= 15 is 0 Å². The second-order valence-electron chi connectivity index (χ2n) is 3.64. The number of anilines is 1. The average Bonchev–Trinajstić information content (AvgIpc) is 2.84. The summed E-state index contributed by atoms with van der Waals surface area (Å²) in [6, 6.07) is 0. The Kier molecular flexibility index (Phi) is 2.09. The average molecular weight is 268 g/mol. The van der Waals surface area contributed by atoms with Crippen LogP contribution in [0.15, 0.2) is 18.7 Å². The summed E-state index contributed by atoms with van der Waals surface area (Å²) in [4.78, 5) is 7.17. The fraction of sp³-hybridized carbons (Fsp3) is 0.444. The van der Waals surface area contributed by atoms with Gasteiger partial charge in [-0.25, -0.2) is 4.98 Å². The van der Waals surface area contributed by atoms with Gasteiger partial charge in [-0.2, -0.15) is 0 Å². The molecule has 1 aliphatic heterocycles. The lowest BCUT2D eigenvalue weighted by Gasteiger charge is -2.16. The Morgan fingerprint density at radius 3 is 3.20 bits per heavy atom. The molecule has 0 radical (unpaired) electrons. The van der Waals surface area contributed by atoms with Crippen LogP contribution in [0, 0.1) is 0 Å². The third kappa shape index (κ3) is 1.49. The van der Waals surface area contributed by atoms with Crippen molar-refractivity contribution < 1.29 is 0 Å². The van der Waals surface area contributed by atoms with Crippen LogP contribution >= 0.6 is 15.9 Å². The second-order valence-corrected chi connectivity index (χ2v) is 4.94. The third-order valence-corrected chi connectivity index (χ3v) is 3.37. The maximum Gasteiger partial charge on any atom is 0.203 e. The normalized spacial score (nSPS) is 21.4. The number of fused-ring (bicyclic) bond motifs is 1. The number of hydrogen-bond acceptors (Lipinski definition) is 4. The van der Waals surface area contributed by atoms with Crippen molar-refractivity contribution in [3.05, 3.63) is 18.7 Å². The first-order valence-corrected chi connectivity index (χ1v) is 5.79. The van der Waals surface area contributed by atoms with Crippen molar-refractivity contribution in [3.63, 3.8) is 0 Å². The quantitative estimate of drug-likeness (QED) is 0.726. The second kappa shape index (κ2) is 3.44. The molecule has 1 saturated heterocycles. The van der Waals surface area contributed by atoms with Crippen LogP contribution < -0.4 is 4.90 Å². The Balaban J connectivity index is 2.06. The molecule has 2 aromatic heterocycles. The van der Waals surface area contributed by atoms with E-state index in [1.165, 1.54) is 0 Å². The summed E-state index contributed by atoms with van der Waals surface area (Å²) >= 11 is 3.62. The third-order valence-electron chi connectivity index (χ3n) is 2.63. The number of aromatic nitrogens is 4. The van der Waals surface area contributed by atoms with E-state index in [1.807, 2.05) is 10.6 Å². The molecule has 78 valence electrons. The summed E-state index contributed by atoms with van der Waals surface area (Å²) in [7, 11) is 0. The standard InChI is InChI=1S/C9H10BrN5/c10-7-1-3-14(5-7)8-9-13-12-6-15(9)4-2-11-8/h2,4,6-7H,1,3,5H2. The van der Waals surface area contributed by atoms with Crippen LogP contribution in [0.3, 0.4) is 0 Å². The molecule has 0 bridgehead atoms. The van der Waals surface area contributed by atoms with E-state index in [0.29, 0.717) is 4.83 Å². The minimum absolute atomic E-state index is 0.558. The first-order chi connectivity index (χ1) is 7.34. The van der Waals surface area contributed by atoms with E-state index < -0.39 is 0 Å². The molecule has 0 spiro atoms. The van der Waals surface area contributed by atoms with Crippen molar-refractivity contribution in [1.82, 2.24) is 19.6 Å². The lowest BCUT2D eigenvalue weighted by atomic mass is 10.4. The Morgan fingerprint density at radius 2 is 2.40 bits per heavy atom. The van der Waals surface area contributed by atoms with Crippen LogP contribution in [0.1, 0.15) is 6.42 Å². The molecule has 6 heteroatoms. The molecular weight excluding hydrogens is 258 g/mol. The van der Waals surface area contributed by atoms with Gasteiger partial charge in [-0.3, -0.25) is 4.40 Å². The highest BCUT2D eigenvalue weighted by Crippen LogP contribution is 2.24. The summed E-state index contributed by atoms with van der Waals surface area (Å²) in [6.07, 6.45) is 6.49. The summed E-state index contributed by atoms with van der Waals surface area (Å²) in [5, 5.41) is 7.97. The number of rotatable bonds is 1. The van der Waals surface area contributed by atoms with Gasteiger partial charge in [0.25, 0.3) is 0 Å². The maximum atomic E-state index is 4.38. The highest BCUT2D eigenvalue weighted by atomic mass is 79.9. The van der Waals surface area contributed by atoms with Crippen molar-refractivity contribution in [2.75, 3.05) is 18.0 Å². The molecule has 1 atom stereocenters. The molecule has 2 aromatic rings. The number of alkyl halides is 1. The maximum absolute atomic E-state index is 4.38. The first-order valence-electron chi connectivity index (χ1n) is 4.88. The molecule has 3 rings (SSSR count). The van der Waals surface area contributed by atoms with Crippen molar-refractivity contribution in [3.8, 4) is 0 Å². The van der Waals surface area contributed by atoms with E-state index in [0.717, 1.165) is 31.0 Å². The minimum Gasteiger partial charge on any atom is -0.352 e. The van der Waals surface area contributed by atoms with Crippen LogP contribution in [0.25, 0.3) is 5.65 Å². The van der Waals surface area contributed by atoms with Gasteiger partial charge in [-0.1, -0.05) is 15.9 Å². The summed E-state index contributed by atoms with van der Waals surface area (Å²) in [6.45, 7) is 2.01. The Labute approximate surface area is 95.3 Å².